The van der Waals surface area contributed by atoms with Crippen LogP contribution in [0.1, 0.15) is 6.42 Å². The topological polar surface area (TPSA) is 44.5 Å². The summed E-state index contributed by atoms with van der Waals surface area (Å²) in [5.74, 6) is 0. The molecule has 1 heterocycles. The summed E-state index contributed by atoms with van der Waals surface area (Å²) in [6.45, 7) is 1.43. The van der Waals surface area contributed by atoms with E-state index in [9.17, 15) is 0 Å². The summed E-state index contributed by atoms with van der Waals surface area (Å²) in [6, 6.07) is 0.170. The predicted octanol–water partition coefficient (Wildman–Crippen LogP) is -0.251. The second-order valence-electron chi connectivity index (χ2n) is 2.30. The molecule has 0 aromatic rings. The summed E-state index contributed by atoms with van der Waals surface area (Å²) in [6.07, 6.45) is 1.03. The number of rotatable bonds is 1. The Morgan fingerprint density at radius 3 is 2.89 bits per heavy atom. The first-order valence-corrected chi connectivity index (χ1v) is 3.20. The van der Waals surface area contributed by atoms with Gasteiger partial charge in [0.25, 0.3) is 0 Å². The van der Waals surface area contributed by atoms with Crippen molar-refractivity contribution in [3.05, 3.63) is 0 Å². The summed E-state index contributed by atoms with van der Waals surface area (Å²) in [5, 5.41) is 0. The van der Waals surface area contributed by atoms with E-state index in [4.69, 9.17) is 15.2 Å². The van der Waals surface area contributed by atoms with Crippen molar-refractivity contribution in [2.24, 2.45) is 5.73 Å². The zero-order chi connectivity index (χ0) is 6.69. The third-order valence-corrected chi connectivity index (χ3v) is 1.66. The van der Waals surface area contributed by atoms with Crippen LogP contribution in [-0.4, -0.2) is 32.5 Å². The van der Waals surface area contributed by atoms with Gasteiger partial charge >= 0.3 is 0 Å². The maximum atomic E-state index is 5.68. The molecule has 0 spiro atoms. The zero-order valence-corrected chi connectivity index (χ0v) is 5.67. The predicted molar refractivity (Wildman–Crippen MR) is 34.2 cm³/mol. The van der Waals surface area contributed by atoms with Crippen LogP contribution in [-0.2, 0) is 9.47 Å². The van der Waals surface area contributed by atoms with E-state index in [0.29, 0.717) is 6.61 Å². The summed E-state index contributed by atoms with van der Waals surface area (Å²) in [7, 11) is 1.67. The van der Waals surface area contributed by atoms with Gasteiger partial charge in [-0.25, -0.2) is 0 Å². The normalized spacial score (nSPS) is 36.7. The second-order valence-corrected chi connectivity index (χ2v) is 2.30. The quantitative estimate of drug-likeness (QED) is 0.533. The van der Waals surface area contributed by atoms with Gasteiger partial charge in [0.15, 0.2) is 0 Å². The van der Waals surface area contributed by atoms with Crippen LogP contribution in [0.15, 0.2) is 0 Å². The molecule has 0 aliphatic carbocycles. The van der Waals surface area contributed by atoms with Gasteiger partial charge in [0.2, 0.25) is 0 Å². The van der Waals surface area contributed by atoms with Crippen molar-refractivity contribution in [2.75, 3.05) is 20.3 Å². The molecular weight excluding hydrogens is 118 g/mol. The summed E-state index contributed by atoms with van der Waals surface area (Å²) < 4.78 is 10.2. The molecule has 0 amide bonds. The smallest absolute Gasteiger partial charge is 0.0955 e. The first-order chi connectivity index (χ1) is 4.34. The Morgan fingerprint density at radius 2 is 2.44 bits per heavy atom. The number of hydrogen-bond acceptors (Lipinski definition) is 3. The molecule has 2 N–H and O–H groups in total. The van der Waals surface area contributed by atoms with Gasteiger partial charge in [-0.15, -0.1) is 0 Å². The Labute approximate surface area is 55.1 Å². The van der Waals surface area contributed by atoms with Crippen LogP contribution in [0, 0.1) is 0 Å². The molecule has 54 valence electrons. The lowest BCUT2D eigenvalue weighted by atomic mass is 10.1. The zero-order valence-electron chi connectivity index (χ0n) is 5.67. The van der Waals surface area contributed by atoms with Gasteiger partial charge in [-0.1, -0.05) is 0 Å². The van der Waals surface area contributed by atoms with E-state index < -0.39 is 0 Å². The number of nitrogens with two attached hydrogens (primary N) is 1. The standard InChI is InChI=1S/C6H13NO2/c1-8-6-4-9-3-2-5(6)7/h5-6H,2-4,7H2,1H3/t5?,6-/m0/s1. The molecular formula is C6H13NO2. The molecule has 3 nitrogen and oxygen atoms in total. The average Bonchev–Trinajstić information content (AvgIpc) is 1.89. The van der Waals surface area contributed by atoms with E-state index in [1.807, 2.05) is 0 Å². The van der Waals surface area contributed by atoms with E-state index in [-0.39, 0.29) is 12.1 Å². The van der Waals surface area contributed by atoms with E-state index in [1.165, 1.54) is 0 Å². The van der Waals surface area contributed by atoms with Crippen LogP contribution < -0.4 is 5.73 Å². The highest BCUT2D eigenvalue weighted by atomic mass is 16.5. The second kappa shape index (κ2) is 3.15. The molecule has 1 saturated heterocycles. The minimum atomic E-state index is 0.110. The Balaban J connectivity index is 2.30. The van der Waals surface area contributed by atoms with Gasteiger partial charge in [-0.2, -0.15) is 0 Å². The Hall–Kier alpha value is -0.120. The first kappa shape index (κ1) is 6.99. The first-order valence-electron chi connectivity index (χ1n) is 3.20. The molecule has 0 aromatic carbocycles. The fourth-order valence-electron chi connectivity index (χ4n) is 0.971. The monoisotopic (exact) mass is 131 g/mol. The molecule has 0 radical (unpaired) electrons. The van der Waals surface area contributed by atoms with E-state index in [0.717, 1.165) is 13.0 Å². The Bertz CT molecular complexity index is 87.1. The Morgan fingerprint density at radius 1 is 1.67 bits per heavy atom. The molecule has 1 unspecified atom stereocenters. The molecule has 1 aliphatic rings. The van der Waals surface area contributed by atoms with Crippen molar-refractivity contribution in [2.45, 2.75) is 18.6 Å². The molecule has 0 aromatic heterocycles. The fourth-order valence-corrected chi connectivity index (χ4v) is 0.971. The van der Waals surface area contributed by atoms with E-state index >= 15 is 0 Å². The van der Waals surface area contributed by atoms with Gasteiger partial charge < -0.3 is 15.2 Å². The van der Waals surface area contributed by atoms with Crippen molar-refractivity contribution in [1.82, 2.24) is 0 Å². The van der Waals surface area contributed by atoms with E-state index in [1.54, 1.807) is 7.11 Å². The van der Waals surface area contributed by atoms with Gasteiger partial charge in [-0.3, -0.25) is 0 Å². The van der Waals surface area contributed by atoms with Crippen LogP contribution in [0.25, 0.3) is 0 Å². The molecule has 1 fully saturated rings. The van der Waals surface area contributed by atoms with Crippen LogP contribution in [0.4, 0.5) is 0 Å². The minimum Gasteiger partial charge on any atom is -0.379 e. The third kappa shape index (κ3) is 1.64. The minimum absolute atomic E-state index is 0.110. The largest absolute Gasteiger partial charge is 0.379 e. The third-order valence-electron chi connectivity index (χ3n) is 1.66. The average molecular weight is 131 g/mol. The van der Waals surface area contributed by atoms with Crippen molar-refractivity contribution in [3.63, 3.8) is 0 Å². The highest BCUT2D eigenvalue weighted by Crippen LogP contribution is 2.07. The lowest BCUT2D eigenvalue weighted by molar-refractivity contribution is -0.0411. The SMILES string of the molecule is CO[C@H]1COCCC1N. The molecule has 1 rings (SSSR count). The van der Waals surface area contributed by atoms with Crippen molar-refractivity contribution < 1.29 is 9.47 Å². The number of ether oxygens (including phenoxy) is 2. The van der Waals surface area contributed by atoms with Crippen molar-refractivity contribution >= 4 is 0 Å². The summed E-state index contributed by atoms with van der Waals surface area (Å²) >= 11 is 0. The molecule has 9 heavy (non-hydrogen) atoms. The fraction of sp³-hybridized carbons (Fsp3) is 1.00. The number of methoxy groups -OCH3 is 1. The molecule has 2 atom stereocenters. The number of hydrogen-bond donors (Lipinski definition) is 1. The molecule has 0 saturated carbocycles. The van der Waals surface area contributed by atoms with Crippen molar-refractivity contribution in [1.29, 1.82) is 0 Å². The highest BCUT2D eigenvalue weighted by Gasteiger charge is 2.21. The summed E-state index contributed by atoms with van der Waals surface area (Å²) in [5.41, 5.74) is 5.68. The lowest BCUT2D eigenvalue weighted by Gasteiger charge is -2.26. The van der Waals surface area contributed by atoms with Crippen molar-refractivity contribution in [3.8, 4) is 0 Å². The van der Waals surface area contributed by atoms with Gasteiger partial charge in [0.05, 0.1) is 12.7 Å². The van der Waals surface area contributed by atoms with Crippen LogP contribution in [0.5, 0.6) is 0 Å². The van der Waals surface area contributed by atoms with Crippen LogP contribution in [0.3, 0.4) is 0 Å². The molecule has 0 bridgehead atoms. The van der Waals surface area contributed by atoms with Crippen LogP contribution >= 0.6 is 0 Å². The summed E-state index contributed by atoms with van der Waals surface area (Å²) in [4.78, 5) is 0. The van der Waals surface area contributed by atoms with Gasteiger partial charge in [0.1, 0.15) is 0 Å². The van der Waals surface area contributed by atoms with Crippen LogP contribution in [0.2, 0.25) is 0 Å². The highest BCUT2D eigenvalue weighted by molar-refractivity contribution is 4.75. The molecule has 3 heteroatoms. The maximum absolute atomic E-state index is 5.68. The molecule has 1 aliphatic heterocycles. The van der Waals surface area contributed by atoms with Gasteiger partial charge in [0, 0.05) is 19.8 Å². The Kier molecular flexibility index (Phi) is 2.45. The maximum Gasteiger partial charge on any atom is 0.0955 e. The lowest BCUT2D eigenvalue weighted by Crippen LogP contribution is -2.43. The van der Waals surface area contributed by atoms with Gasteiger partial charge in [-0.05, 0) is 6.42 Å². The van der Waals surface area contributed by atoms with E-state index in [2.05, 4.69) is 0 Å².